The minimum atomic E-state index is -0.237. The van der Waals surface area contributed by atoms with Crippen LogP contribution >= 0.6 is 11.3 Å². The molecule has 8 heteroatoms. The maximum atomic E-state index is 13.7. The quantitative estimate of drug-likeness (QED) is 0.508. The van der Waals surface area contributed by atoms with Crippen molar-refractivity contribution in [3.63, 3.8) is 0 Å². The molecule has 1 unspecified atom stereocenters. The highest BCUT2D eigenvalue weighted by molar-refractivity contribution is 7.22. The Kier molecular flexibility index (Phi) is 5.95. The number of rotatable bonds is 6. The van der Waals surface area contributed by atoms with Crippen LogP contribution in [0.3, 0.4) is 0 Å². The highest BCUT2D eigenvalue weighted by atomic mass is 32.1. The summed E-state index contributed by atoms with van der Waals surface area (Å²) < 4.78 is 6.86. The molecule has 5 rings (SSSR count). The molecule has 2 saturated heterocycles. The van der Waals surface area contributed by atoms with E-state index in [2.05, 4.69) is 19.1 Å². The van der Waals surface area contributed by atoms with Gasteiger partial charge < -0.3 is 4.74 Å². The summed E-state index contributed by atoms with van der Waals surface area (Å²) in [5, 5.41) is 0.623. The Morgan fingerprint density at radius 1 is 1.18 bits per heavy atom. The molecule has 2 fully saturated rings. The van der Waals surface area contributed by atoms with Crippen LogP contribution in [0.4, 0.5) is 10.8 Å². The summed E-state index contributed by atoms with van der Waals surface area (Å²) in [5.74, 6) is -0.696. The second-order valence-corrected chi connectivity index (χ2v) is 9.39. The molecule has 1 atom stereocenters. The Morgan fingerprint density at radius 2 is 2.00 bits per heavy atom. The number of aromatic nitrogens is 1. The summed E-state index contributed by atoms with van der Waals surface area (Å²) in [6.45, 7) is 3.21. The number of fused-ring (bicyclic) bond motifs is 1. The zero-order chi connectivity index (χ0) is 22.9. The normalized spacial score (nSPS) is 18.5. The molecule has 0 aliphatic carbocycles. The van der Waals surface area contributed by atoms with Gasteiger partial charge in [-0.2, -0.15) is 0 Å². The van der Waals surface area contributed by atoms with Crippen LogP contribution in [0.5, 0.6) is 0 Å². The van der Waals surface area contributed by atoms with Crippen molar-refractivity contribution in [1.29, 1.82) is 0 Å². The van der Waals surface area contributed by atoms with Gasteiger partial charge >= 0.3 is 0 Å². The molecule has 0 spiro atoms. The zero-order valence-corrected chi connectivity index (χ0v) is 19.3. The Hall–Kier alpha value is -3.10. The lowest BCUT2D eigenvalue weighted by Gasteiger charge is -2.23. The summed E-state index contributed by atoms with van der Waals surface area (Å²) in [7, 11) is 0. The van der Waals surface area contributed by atoms with Crippen molar-refractivity contribution in [1.82, 2.24) is 4.98 Å². The average molecular weight is 464 g/mol. The summed E-state index contributed by atoms with van der Waals surface area (Å²) in [4.78, 5) is 45.7. The number of ether oxygens (including phenoxy) is 1. The van der Waals surface area contributed by atoms with Crippen LogP contribution in [0, 0.1) is 0 Å². The van der Waals surface area contributed by atoms with Gasteiger partial charge in [0.15, 0.2) is 5.13 Å². The van der Waals surface area contributed by atoms with E-state index in [0.29, 0.717) is 29.5 Å². The van der Waals surface area contributed by atoms with Crippen LogP contribution in [-0.4, -0.2) is 42.0 Å². The number of amides is 3. The largest absolute Gasteiger partial charge is 0.376 e. The first-order chi connectivity index (χ1) is 16.0. The van der Waals surface area contributed by atoms with Gasteiger partial charge in [0.1, 0.15) is 0 Å². The van der Waals surface area contributed by atoms with Gasteiger partial charge in [0.2, 0.25) is 11.8 Å². The number of carbonyl (C=O) groups is 3. The highest BCUT2D eigenvalue weighted by Gasteiger charge is 2.32. The third-order valence-corrected chi connectivity index (χ3v) is 7.18. The summed E-state index contributed by atoms with van der Waals surface area (Å²) in [6, 6.07) is 12.9. The summed E-state index contributed by atoms with van der Waals surface area (Å²) >= 11 is 1.49. The van der Waals surface area contributed by atoms with Gasteiger partial charge in [0.05, 0.1) is 28.6 Å². The van der Waals surface area contributed by atoms with E-state index < -0.39 is 0 Å². The molecule has 1 aromatic heterocycles. The van der Waals surface area contributed by atoms with Gasteiger partial charge in [-0.05, 0) is 55.2 Å². The fourth-order valence-electron chi connectivity index (χ4n) is 4.33. The number of thiazole rings is 1. The Morgan fingerprint density at radius 3 is 2.73 bits per heavy atom. The first kappa shape index (κ1) is 21.7. The van der Waals surface area contributed by atoms with Crippen LogP contribution in [0.1, 0.15) is 48.5 Å². The molecule has 0 N–H and O–H groups in total. The lowest BCUT2D eigenvalue weighted by atomic mass is 10.1. The monoisotopic (exact) mass is 463 g/mol. The van der Waals surface area contributed by atoms with Crippen molar-refractivity contribution in [2.45, 2.75) is 45.1 Å². The van der Waals surface area contributed by atoms with Crippen molar-refractivity contribution in [2.24, 2.45) is 0 Å². The smallest absolute Gasteiger partial charge is 0.260 e. The lowest BCUT2D eigenvalue weighted by Crippen LogP contribution is -2.37. The van der Waals surface area contributed by atoms with Gasteiger partial charge in [-0.15, -0.1) is 0 Å². The predicted molar refractivity (Wildman–Crippen MR) is 128 cm³/mol. The number of carbonyl (C=O) groups excluding carboxylic acids is 3. The van der Waals surface area contributed by atoms with Gasteiger partial charge in [-0.25, -0.2) is 4.98 Å². The van der Waals surface area contributed by atoms with Crippen molar-refractivity contribution in [3.05, 3.63) is 53.6 Å². The van der Waals surface area contributed by atoms with E-state index in [1.807, 2.05) is 6.07 Å². The number of benzene rings is 2. The predicted octanol–water partition coefficient (Wildman–Crippen LogP) is 4.34. The number of imide groups is 1. The Bertz CT molecular complexity index is 1220. The van der Waals surface area contributed by atoms with E-state index in [-0.39, 0.29) is 36.7 Å². The topological polar surface area (TPSA) is 79.8 Å². The average Bonchev–Trinajstić information content (AvgIpc) is 3.56. The molecule has 0 radical (unpaired) electrons. The van der Waals surface area contributed by atoms with Gasteiger partial charge in [-0.1, -0.05) is 30.4 Å². The second kappa shape index (κ2) is 9.03. The van der Waals surface area contributed by atoms with Gasteiger partial charge in [0.25, 0.3) is 5.91 Å². The van der Waals surface area contributed by atoms with E-state index in [9.17, 15) is 14.4 Å². The lowest BCUT2D eigenvalue weighted by molar-refractivity contribution is -0.121. The molecule has 33 heavy (non-hydrogen) atoms. The Balaban J connectivity index is 1.50. The number of hydrogen-bond acceptors (Lipinski definition) is 6. The molecule has 2 aliphatic heterocycles. The first-order valence-corrected chi connectivity index (χ1v) is 12.1. The van der Waals surface area contributed by atoms with Crippen LogP contribution in [0.2, 0.25) is 0 Å². The number of hydrogen-bond donors (Lipinski definition) is 0. The highest BCUT2D eigenvalue weighted by Crippen LogP contribution is 2.32. The number of nitrogens with zero attached hydrogens (tertiary/aromatic N) is 3. The number of aryl methyl sites for hydroxylation is 1. The van der Waals surface area contributed by atoms with Crippen molar-refractivity contribution < 1.29 is 19.1 Å². The molecular weight excluding hydrogens is 438 g/mol. The van der Waals surface area contributed by atoms with E-state index in [1.165, 1.54) is 21.8 Å². The van der Waals surface area contributed by atoms with Crippen LogP contribution in [-0.2, 0) is 20.7 Å². The Labute approximate surface area is 196 Å². The van der Waals surface area contributed by atoms with Crippen LogP contribution in [0.25, 0.3) is 10.2 Å². The molecule has 2 aliphatic rings. The zero-order valence-electron chi connectivity index (χ0n) is 18.5. The molecule has 3 aromatic rings. The molecule has 3 heterocycles. The first-order valence-electron chi connectivity index (χ1n) is 11.3. The van der Waals surface area contributed by atoms with E-state index in [0.717, 1.165) is 29.5 Å². The minimum absolute atomic E-state index is 0.0444. The molecule has 0 bridgehead atoms. The third-order valence-electron chi connectivity index (χ3n) is 6.14. The van der Waals surface area contributed by atoms with E-state index in [1.54, 1.807) is 29.2 Å². The van der Waals surface area contributed by atoms with E-state index >= 15 is 0 Å². The molecule has 7 nitrogen and oxygen atoms in total. The molecule has 2 aromatic carbocycles. The molecule has 0 saturated carbocycles. The molecule has 3 amide bonds. The van der Waals surface area contributed by atoms with E-state index in [4.69, 9.17) is 9.72 Å². The maximum Gasteiger partial charge on any atom is 0.260 e. The van der Waals surface area contributed by atoms with Crippen LogP contribution < -0.4 is 9.80 Å². The minimum Gasteiger partial charge on any atom is -0.376 e. The standard InChI is InChI=1S/C25H25N3O4S/c1-2-16-8-9-20-21(13-16)33-25(26-20)27(15-19-7-4-12-32-19)24(31)17-5-3-6-18(14-17)28-22(29)10-11-23(28)30/h3,5-6,8-9,13-14,19H,2,4,7,10-12,15H2,1H3. The fourth-order valence-corrected chi connectivity index (χ4v) is 5.37. The van der Waals surface area contributed by atoms with Crippen molar-refractivity contribution in [2.75, 3.05) is 23.0 Å². The molecule has 170 valence electrons. The third kappa shape index (κ3) is 4.28. The number of anilines is 2. The SMILES string of the molecule is CCc1ccc2nc(N(CC3CCCO3)C(=O)c3cccc(N4C(=O)CCC4=O)c3)sc2c1. The summed E-state index contributed by atoms with van der Waals surface area (Å²) in [6.07, 6.45) is 3.16. The van der Waals surface area contributed by atoms with Gasteiger partial charge in [0, 0.05) is 25.0 Å². The fraction of sp³-hybridized carbons (Fsp3) is 0.360. The molecular formula is C25H25N3O4S. The second-order valence-electron chi connectivity index (χ2n) is 8.38. The van der Waals surface area contributed by atoms with Crippen molar-refractivity contribution >= 4 is 50.1 Å². The van der Waals surface area contributed by atoms with Gasteiger partial charge in [-0.3, -0.25) is 24.2 Å². The maximum absolute atomic E-state index is 13.7. The van der Waals surface area contributed by atoms with Crippen molar-refractivity contribution in [3.8, 4) is 0 Å². The summed E-state index contributed by atoms with van der Waals surface area (Å²) in [5.41, 5.74) is 2.93. The van der Waals surface area contributed by atoms with Crippen LogP contribution in [0.15, 0.2) is 42.5 Å².